The smallest absolute Gasteiger partial charge is 0.256 e. The molecule has 9 heteroatoms. The molecule has 1 fully saturated rings. The highest BCUT2D eigenvalue weighted by Gasteiger charge is 2.32. The summed E-state index contributed by atoms with van der Waals surface area (Å²) in [6, 6.07) is 12.3. The minimum atomic E-state index is -0.285. The van der Waals surface area contributed by atoms with Gasteiger partial charge in [0.05, 0.1) is 41.8 Å². The van der Waals surface area contributed by atoms with Crippen LogP contribution in [0.2, 0.25) is 0 Å². The van der Waals surface area contributed by atoms with E-state index in [-0.39, 0.29) is 23.9 Å². The molecule has 0 N–H and O–H groups in total. The summed E-state index contributed by atoms with van der Waals surface area (Å²) < 4.78 is 5.98. The van der Waals surface area contributed by atoms with Crippen LogP contribution in [-0.2, 0) is 0 Å². The number of pyridine rings is 1. The lowest BCUT2D eigenvalue weighted by molar-refractivity contribution is 0.0372. The Morgan fingerprint density at radius 2 is 1.94 bits per heavy atom. The maximum absolute atomic E-state index is 13.5. The van der Waals surface area contributed by atoms with Crippen LogP contribution in [0.15, 0.2) is 48.9 Å². The second-order valence-corrected chi connectivity index (χ2v) is 7.25. The van der Waals surface area contributed by atoms with Crippen LogP contribution in [0.1, 0.15) is 41.3 Å². The van der Waals surface area contributed by atoms with Crippen LogP contribution in [0, 0.1) is 22.7 Å². The van der Waals surface area contributed by atoms with Crippen LogP contribution in [0.3, 0.4) is 0 Å². The van der Waals surface area contributed by atoms with Crippen molar-refractivity contribution in [3.05, 3.63) is 65.6 Å². The molecule has 1 aromatic carbocycles. The third-order valence-electron chi connectivity index (χ3n) is 5.26. The predicted molar refractivity (Wildman–Crippen MR) is 109 cm³/mol. The molecule has 154 valence electrons. The molecule has 3 heterocycles. The second-order valence-electron chi connectivity index (χ2n) is 7.25. The van der Waals surface area contributed by atoms with E-state index in [1.165, 1.54) is 17.2 Å². The van der Waals surface area contributed by atoms with E-state index in [0.717, 1.165) is 12.8 Å². The molecule has 9 nitrogen and oxygen atoms in total. The summed E-state index contributed by atoms with van der Waals surface area (Å²) in [7, 11) is 0. The van der Waals surface area contributed by atoms with Gasteiger partial charge in [0.2, 0.25) is 5.88 Å². The van der Waals surface area contributed by atoms with Crippen LogP contribution in [-0.4, -0.2) is 49.5 Å². The number of aromatic nitrogens is 4. The average molecular weight is 413 g/mol. The second kappa shape index (κ2) is 8.64. The molecule has 2 aromatic heterocycles. The van der Waals surface area contributed by atoms with Crippen molar-refractivity contribution in [1.29, 1.82) is 10.5 Å². The minimum absolute atomic E-state index is 0.000550. The Kier molecular flexibility index (Phi) is 5.59. The van der Waals surface area contributed by atoms with E-state index in [1.54, 1.807) is 41.4 Å². The molecule has 0 unspecified atom stereocenters. The zero-order valence-electron chi connectivity index (χ0n) is 16.8. The number of nitrogens with zero attached hydrogens (tertiary/aromatic N) is 7. The number of rotatable bonds is 4. The molecule has 1 aliphatic rings. The van der Waals surface area contributed by atoms with Crippen molar-refractivity contribution in [2.45, 2.75) is 31.9 Å². The molecule has 0 spiro atoms. The molecule has 0 saturated carbocycles. The summed E-state index contributed by atoms with van der Waals surface area (Å²) in [5, 5.41) is 26.8. The Balaban J connectivity index is 1.61. The highest BCUT2D eigenvalue weighted by molar-refractivity contribution is 5.98. The monoisotopic (exact) mass is 413 g/mol. The molecule has 1 saturated heterocycles. The zero-order chi connectivity index (χ0) is 21.8. The first-order chi connectivity index (χ1) is 15.1. The number of likely N-dealkylation sites (tertiary alicyclic amines) is 1. The van der Waals surface area contributed by atoms with E-state index in [9.17, 15) is 15.3 Å². The predicted octanol–water partition coefficient (Wildman–Crippen LogP) is 2.48. The molecule has 4 rings (SSSR count). The number of hydrogen-bond donors (Lipinski definition) is 0. The fourth-order valence-electron chi connectivity index (χ4n) is 3.62. The van der Waals surface area contributed by atoms with Gasteiger partial charge < -0.3 is 9.64 Å². The molecule has 1 aliphatic heterocycles. The van der Waals surface area contributed by atoms with Crippen molar-refractivity contribution in [3.8, 4) is 23.7 Å². The van der Waals surface area contributed by atoms with Gasteiger partial charge in [0, 0.05) is 12.2 Å². The molecule has 0 aliphatic carbocycles. The summed E-state index contributed by atoms with van der Waals surface area (Å²) in [5.41, 5.74) is 1.62. The number of piperidine rings is 1. The maximum atomic E-state index is 13.5. The zero-order valence-corrected chi connectivity index (χ0v) is 16.8. The minimum Gasteiger partial charge on any atom is -0.472 e. The Labute approximate surface area is 179 Å². The van der Waals surface area contributed by atoms with E-state index in [2.05, 4.69) is 27.3 Å². The Bertz CT molecular complexity index is 1180. The number of carbonyl (C=O) groups excluding carboxylic acids is 1. The van der Waals surface area contributed by atoms with E-state index in [1.807, 2.05) is 6.92 Å². The maximum Gasteiger partial charge on any atom is 0.256 e. The number of ether oxygens (including phenoxy) is 1. The lowest BCUT2D eigenvalue weighted by Gasteiger charge is -2.38. The van der Waals surface area contributed by atoms with Gasteiger partial charge in [-0.1, -0.05) is 0 Å². The highest BCUT2D eigenvalue weighted by Crippen LogP contribution is 2.26. The van der Waals surface area contributed by atoms with Crippen molar-refractivity contribution in [2.24, 2.45) is 0 Å². The topological polar surface area (TPSA) is 121 Å². The van der Waals surface area contributed by atoms with Crippen LogP contribution >= 0.6 is 0 Å². The molecule has 0 radical (unpaired) electrons. The van der Waals surface area contributed by atoms with E-state index >= 15 is 0 Å². The van der Waals surface area contributed by atoms with E-state index < -0.39 is 0 Å². The SMILES string of the molecule is C[C@@H]1CC[C@@H](Oc2ncccc2C#N)CN1C(=O)c1ccc(C#N)cc1-n1nccn1. The molecule has 0 bridgehead atoms. The van der Waals surface area contributed by atoms with Crippen LogP contribution in [0.4, 0.5) is 0 Å². The van der Waals surface area contributed by atoms with Crippen molar-refractivity contribution in [3.63, 3.8) is 0 Å². The Hall–Kier alpha value is -4.24. The van der Waals surface area contributed by atoms with Gasteiger partial charge in [-0.3, -0.25) is 4.79 Å². The van der Waals surface area contributed by atoms with Gasteiger partial charge >= 0.3 is 0 Å². The first kappa shape index (κ1) is 20.0. The summed E-state index contributed by atoms with van der Waals surface area (Å²) in [4.78, 5) is 20.7. The Morgan fingerprint density at radius 3 is 2.68 bits per heavy atom. The molecular formula is C22H19N7O2. The van der Waals surface area contributed by atoms with Gasteiger partial charge in [-0.05, 0) is 50.1 Å². The number of amides is 1. The average Bonchev–Trinajstić information content (AvgIpc) is 3.35. The molecular weight excluding hydrogens is 394 g/mol. The molecule has 31 heavy (non-hydrogen) atoms. The largest absolute Gasteiger partial charge is 0.472 e. The van der Waals surface area contributed by atoms with Gasteiger partial charge in [-0.25, -0.2) is 4.98 Å². The number of hydrogen-bond acceptors (Lipinski definition) is 7. The van der Waals surface area contributed by atoms with Gasteiger partial charge in [-0.15, -0.1) is 0 Å². The third kappa shape index (κ3) is 4.07. The van der Waals surface area contributed by atoms with Gasteiger partial charge in [0.15, 0.2) is 0 Å². The van der Waals surface area contributed by atoms with Crippen molar-refractivity contribution < 1.29 is 9.53 Å². The molecule has 1 amide bonds. The summed E-state index contributed by atoms with van der Waals surface area (Å²) in [6.07, 6.45) is 5.81. The van der Waals surface area contributed by atoms with Crippen LogP contribution < -0.4 is 4.74 Å². The third-order valence-corrected chi connectivity index (χ3v) is 5.26. The standard InChI is InChI=1S/C22H19N7O2/c1-15-4-6-18(31-21-17(13-24)3-2-8-25-21)14-28(15)22(30)19-7-5-16(12-23)11-20(19)29-26-9-10-27-29/h2-3,5,7-11,15,18H,4,6,14H2,1H3/t15-,18-/m1/s1. The normalized spacial score (nSPS) is 18.1. The summed E-state index contributed by atoms with van der Waals surface area (Å²) >= 11 is 0. The van der Waals surface area contributed by atoms with Crippen molar-refractivity contribution in [1.82, 2.24) is 24.9 Å². The van der Waals surface area contributed by atoms with Gasteiger partial charge in [0.1, 0.15) is 17.7 Å². The number of benzene rings is 1. The molecule has 2 atom stereocenters. The van der Waals surface area contributed by atoms with Gasteiger partial charge in [-0.2, -0.15) is 25.5 Å². The Morgan fingerprint density at radius 1 is 1.13 bits per heavy atom. The van der Waals surface area contributed by atoms with Gasteiger partial charge in [0.25, 0.3) is 5.91 Å². The lowest BCUT2D eigenvalue weighted by Crippen LogP contribution is -2.49. The van der Waals surface area contributed by atoms with Crippen LogP contribution in [0.25, 0.3) is 5.69 Å². The summed E-state index contributed by atoms with van der Waals surface area (Å²) in [5.74, 6) is 0.0795. The fourth-order valence-corrected chi connectivity index (χ4v) is 3.62. The van der Waals surface area contributed by atoms with Crippen molar-refractivity contribution >= 4 is 5.91 Å². The van der Waals surface area contributed by atoms with Crippen molar-refractivity contribution in [2.75, 3.05) is 6.54 Å². The summed E-state index contributed by atoms with van der Waals surface area (Å²) in [6.45, 7) is 2.35. The van der Waals surface area contributed by atoms with Crippen LogP contribution in [0.5, 0.6) is 5.88 Å². The van der Waals surface area contributed by atoms with E-state index in [4.69, 9.17) is 4.74 Å². The first-order valence-electron chi connectivity index (χ1n) is 9.84. The number of nitriles is 2. The fraction of sp³-hybridized carbons (Fsp3) is 0.273. The quantitative estimate of drug-likeness (QED) is 0.644. The first-order valence-corrected chi connectivity index (χ1v) is 9.84. The molecule has 3 aromatic rings. The lowest BCUT2D eigenvalue weighted by atomic mass is 9.99. The van der Waals surface area contributed by atoms with E-state index in [0.29, 0.717) is 28.9 Å². The number of carbonyl (C=O) groups is 1. The highest BCUT2D eigenvalue weighted by atomic mass is 16.5.